The summed E-state index contributed by atoms with van der Waals surface area (Å²) in [5.41, 5.74) is 1.48. The van der Waals surface area contributed by atoms with Gasteiger partial charge in [-0.1, -0.05) is 12.1 Å². The van der Waals surface area contributed by atoms with Crippen LogP contribution in [-0.2, 0) is 16.0 Å². The van der Waals surface area contributed by atoms with Gasteiger partial charge in [0.25, 0.3) is 5.91 Å². The second-order valence-electron chi connectivity index (χ2n) is 11.2. The molecule has 0 aliphatic heterocycles. The van der Waals surface area contributed by atoms with Crippen LogP contribution in [0.15, 0.2) is 29.1 Å². The van der Waals surface area contributed by atoms with Gasteiger partial charge in [-0.15, -0.1) is 0 Å². The number of nitrogens with zero attached hydrogens (tertiary/aromatic N) is 2. The van der Waals surface area contributed by atoms with Gasteiger partial charge >= 0.3 is 6.18 Å². The second kappa shape index (κ2) is 11.6. The fourth-order valence-electron chi connectivity index (χ4n) is 5.46. The van der Waals surface area contributed by atoms with Gasteiger partial charge in [0.2, 0.25) is 11.8 Å². The number of hydrogen-bond acceptors (Lipinski definition) is 6. The Morgan fingerprint density at radius 3 is 2.33 bits per heavy atom. The quantitative estimate of drug-likeness (QED) is 0.325. The SMILES string of the molecule is CCc1nocc1C(=O)N[C@H](C(=O)Nc1cc(C(NC(=O)CCC(F)(F)F)C2CC2)ccn1)C(C1CC1)C1CC1. The smallest absolute Gasteiger partial charge is 0.364 e. The molecule has 0 saturated heterocycles. The zero-order valence-corrected chi connectivity index (χ0v) is 22.3. The van der Waals surface area contributed by atoms with Crippen molar-refractivity contribution in [3.63, 3.8) is 0 Å². The second-order valence-corrected chi connectivity index (χ2v) is 11.2. The summed E-state index contributed by atoms with van der Waals surface area (Å²) < 4.78 is 42.7. The van der Waals surface area contributed by atoms with Gasteiger partial charge in [0.05, 0.1) is 18.2 Å². The predicted octanol–water partition coefficient (Wildman–Crippen LogP) is 4.72. The molecule has 3 N–H and O–H groups in total. The van der Waals surface area contributed by atoms with Crippen LogP contribution in [0.1, 0.15) is 85.9 Å². The molecule has 1 unspecified atom stereocenters. The number of pyridine rings is 1. The lowest BCUT2D eigenvalue weighted by Crippen LogP contribution is -2.50. The van der Waals surface area contributed by atoms with E-state index in [-0.39, 0.29) is 23.6 Å². The molecule has 2 aromatic heterocycles. The first-order valence-electron chi connectivity index (χ1n) is 14.0. The Morgan fingerprint density at radius 2 is 1.73 bits per heavy atom. The normalized spacial score (nSPS) is 18.7. The third-order valence-electron chi connectivity index (χ3n) is 7.95. The van der Waals surface area contributed by atoms with Crippen molar-refractivity contribution in [1.29, 1.82) is 0 Å². The number of anilines is 1. The summed E-state index contributed by atoms with van der Waals surface area (Å²) in [6.45, 7) is 1.86. The lowest BCUT2D eigenvalue weighted by Gasteiger charge is -2.27. The molecule has 216 valence electrons. The summed E-state index contributed by atoms with van der Waals surface area (Å²) in [4.78, 5) is 43.4. The Hall–Kier alpha value is -3.44. The molecule has 0 bridgehead atoms. The van der Waals surface area contributed by atoms with E-state index in [1.165, 1.54) is 12.5 Å². The van der Waals surface area contributed by atoms with E-state index in [4.69, 9.17) is 4.52 Å². The van der Waals surface area contributed by atoms with Crippen molar-refractivity contribution >= 4 is 23.5 Å². The van der Waals surface area contributed by atoms with Gasteiger partial charge < -0.3 is 20.5 Å². The lowest BCUT2D eigenvalue weighted by atomic mass is 9.88. The third kappa shape index (κ3) is 7.19. The van der Waals surface area contributed by atoms with Gasteiger partial charge in [-0.3, -0.25) is 14.4 Å². The van der Waals surface area contributed by atoms with Crippen molar-refractivity contribution in [3.05, 3.63) is 41.4 Å². The largest absolute Gasteiger partial charge is 0.389 e. The maximum absolute atomic E-state index is 13.7. The number of nitrogens with one attached hydrogen (secondary N) is 3. The summed E-state index contributed by atoms with van der Waals surface area (Å²) in [6.07, 6.45) is 2.81. The Balaban J connectivity index is 1.31. The van der Waals surface area contributed by atoms with Crippen LogP contribution < -0.4 is 16.0 Å². The lowest BCUT2D eigenvalue weighted by molar-refractivity contribution is -0.144. The van der Waals surface area contributed by atoms with E-state index >= 15 is 0 Å². The molecular formula is C28H34F3N5O4. The molecule has 0 spiro atoms. The molecule has 3 saturated carbocycles. The zero-order chi connectivity index (χ0) is 28.4. The molecule has 5 rings (SSSR count). The molecule has 2 aromatic rings. The highest BCUT2D eigenvalue weighted by Gasteiger charge is 2.48. The maximum Gasteiger partial charge on any atom is 0.389 e. The molecule has 3 aliphatic rings. The van der Waals surface area contributed by atoms with Gasteiger partial charge in [0.15, 0.2) is 0 Å². The van der Waals surface area contributed by atoms with E-state index in [2.05, 4.69) is 26.1 Å². The Bertz CT molecular complexity index is 1220. The number of alkyl halides is 3. The highest BCUT2D eigenvalue weighted by molar-refractivity contribution is 6.01. The molecule has 3 amide bonds. The average Bonchev–Trinajstić information content (AvgIpc) is 3.76. The van der Waals surface area contributed by atoms with Crippen LogP contribution in [0.25, 0.3) is 0 Å². The zero-order valence-electron chi connectivity index (χ0n) is 22.3. The van der Waals surface area contributed by atoms with Gasteiger partial charge in [-0.2, -0.15) is 13.2 Å². The number of amides is 3. The van der Waals surface area contributed by atoms with Crippen molar-refractivity contribution < 1.29 is 32.1 Å². The summed E-state index contributed by atoms with van der Waals surface area (Å²) in [7, 11) is 0. The van der Waals surface area contributed by atoms with Crippen molar-refractivity contribution in [2.45, 2.75) is 83.0 Å². The third-order valence-corrected chi connectivity index (χ3v) is 7.95. The molecule has 0 radical (unpaired) electrons. The number of hydrogen-bond donors (Lipinski definition) is 3. The molecule has 2 atom stereocenters. The van der Waals surface area contributed by atoms with Crippen molar-refractivity contribution in [3.8, 4) is 0 Å². The Morgan fingerprint density at radius 1 is 1.05 bits per heavy atom. The predicted molar refractivity (Wildman–Crippen MR) is 138 cm³/mol. The van der Waals surface area contributed by atoms with Crippen molar-refractivity contribution in [2.75, 3.05) is 5.32 Å². The van der Waals surface area contributed by atoms with Crippen LogP contribution in [0.4, 0.5) is 19.0 Å². The first-order chi connectivity index (χ1) is 19.1. The molecule has 0 aromatic carbocycles. The van der Waals surface area contributed by atoms with Crippen LogP contribution in [-0.4, -0.2) is 40.1 Å². The number of halogens is 3. The van der Waals surface area contributed by atoms with Crippen LogP contribution >= 0.6 is 0 Å². The molecule has 3 fully saturated rings. The minimum absolute atomic E-state index is 0.00389. The standard InChI is InChI=1S/C28H34F3N5O4/c1-2-20-19(14-40-36-20)26(38)35-25(23(15-3-4-15)16-5-6-16)27(39)33-21-13-18(10-12-32-21)24(17-7-8-17)34-22(37)9-11-28(29,30)31/h10,12-17,23-25H,2-9,11H2,1H3,(H,34,37)(H,35,38)(H,32,33,39)/t24?,25-/m0/s1. The highest BCUT2D eigenvalue weighted by Crippen LogP contribution is 2.51. The van der Waals surface area contributed by atoms with E-state index in [0.717, 1.165) is 38.5 Å². The fourth-order valence-corrected chi connectivity index (χ4v) is 5.46. The van der Waals surface area contributed by atoms with Crippen LogP contribution in [0.2, 0.25) is 0 Å². The van der Waals surface area contributed by atoms with Gasteiger partial charge in [-0.05, 0) is 86.3 Å². The molecule has 12 heteroatoms. The maximum atomic E-state index is 13.7. The minimum atomic E-state index is -4.41. The van der Waals surface area contributed by atoms with Crippen LogP contribution in [0.5, 0.6) is 0 Å². The molecular weight excluding hydrogens is 527 g/mol. The van der Waals surface area contributed by atoms with Gasteiger partial charge in [0, 0.05) is 12.6 Å². The van der Waals surface area contributed by atoms with E-state index < -0.39 is 42.9 Å². The van der Waals surface area contributed by atoms with Crippen LogP contribution in [0, 0.1) is 23.7 Å². The summed E-state index contributed by atoms with van der Waals surface area (Å²) >= 11 is 0. The summed E-state index contributed by atoms with van der Waals surface area (Å²) in [5.74, 6) is -0.375. The Labute approximate surface area is 230 Å². The first-order valence-corrected chi connectivity index (χ1v) is 14.0. The van der Waals surface area contributed by atoms with Crippen molar-refractivity contribution in [2.24, 2.45) is 23.7 Å². The summed E-state index contributed by atoms with van der Waals surface area (Å²) in [5, 5.41) is 12.4. The van der Waals surface area contributed by atoms with Crippen molar-refractivity contribution in [1.82, 2.24) is 20.8 Å². The molecule has 9 nitrogen and oxygen atoms in total. The molecule has 40 heavy (non-hydrogen) atoms. The van der Waals surface area contributed by atoms with E-state index in [9.17, 15) is 27.6 Å². The molecule has 3 aliphatic carbocycles. The number of carbonyl (C=O) groups excluding carboxylic acids is 3. The topological polar surface area (TPSA) is 126 Å². The van der Waals surface area contributed by atoms with E-state index in [1.807, 2.05) is 6.92 Å². The number of rotatable bonds is 13. The van der Waals surface area contributed by atoms with Crippen LogP contribution in [0.3, 0.4) is 0 Å². The van der Waals surface area contributed by atoms with E-state index in [0.29, 0.717) is 35.1 Å². The first kappa shape index (κ1) is 28.1. The number of aryl methyl sites for hydroxylation is 1. The minimum Gasteiger partial charge on any atom is -0.364 e. The number of aromatic nitrogens is 2. The van der Waals surface area contributed by atoms with E-state index in [1.54, 1.807) is 12.1 Å². The monoisotopic (exact) mass is 561 g/mol. The van der Waals surface area contributed by atoms with Gasteiger partial charge in [-0.25, -0.2) is 4.98 Å². The Kier molecular flexibility index (Phi) is 8.14. The fraction of sp³-hybridized carbons (Fsp3) is 0.607. The summed E-state index contributed by atoms with van der Waals surface area (Å²) in [6, 6.07) is 2.08. The highest BCUT2D eigenvalue weighted by atomic mass is 19.4. The molecule has 2 heterocycles. The van der Waals surface area contributed by atoms with Gasteiger partial charge in [0.1, 0.15) is 23.7 Å². The average molecular weight is 562 g/mol. The number of carbonyl (C=O) groups is 3.